The molecule has 1 unspecified atom stereocenters. The average Bonchev–Trinajstić information content (AvgIpc) is 3.21. The Kier molecular flexibility index (Phi) is 6.32. The molecule has 0 saturated heterocycles. The van der Waals surface area contributed by atoms with Crippen LogP contribution in [0.15, 0.2) is 34.7 Å². The Morgan fingerprint density at radius 3 is 2.83 bits per heavy atom. The standard InChI is InChI=1S/C24H28N2O3S/c1-3-4-7-12-29-24(28)16(2)26-15-25-22-21(23(26)27)20(14-30-22)19-11-10-17-8-5-6-9-18(17)13-19/h10-11,13-16H,3-9,12H2,1-2H3. The summed E-state index contributed by atoms with van der Waals surface area (Å²) in [5.41, 5.74) is 4.56. The number of carbonyl (C=O) groups excluding carboxylic acids is 1. The second-order valence-corrected chi connectivity index (χ2v) is 8.89. The number of esters is 1. The molecule has 0 N–H and O–H groups in total. The molecule has 2 heterocycles. The Morgan fingerprint density at radius 2 is 2.03 bits per heavy atom. The first-order valence-electron chi connectivity index (χ1n) is 10.9. The van der Waals surface area contributed by atoms with Gasteiger partial charge in [-0.3, -0.25) is 9.36 Å². The van der Waals surface area contributed by atoms with Crippen molar-refractivity contribution in [3.05, 3.63) is 51.4 Å². The van der Waals surface area contributed by atoms with Crippen molar-refractivity contribution in [3.63, 3.8) is 0 Å². The van der Waals surface area contributed by atoms with E-state index in [-0.39, 0.29) is 11.5 Å². The van der Waals surface area contributed by atoms with Crippen LogP contribution in [0, 0.1) is 0 Å². The van der Waals surface area contributed by atoms with Gasteiger partial charge in [0.05, 0.1) is 18.3 Å². The van der Waals surface area contributed by atoms with Crippen molar-refractivity contribution in [2.75, 3.05) is 6.61 Å². The summed E-state index contributed by atoms with van der Waals surface area (Å²) in [6.07, 6.45) is 9.08. The second-order valence-electron chi connectivity index (χ2n) is 8.03. The van der Waals surface area contributed by atoms with Gasteiger partial charge >= 0.3 is 5.97 Å². The van der Waals surface area contributed by atoms with Crippen molar-refractivity contribution >= 4 is 27.5 Å². The molecule has 1 aliphatic rings. The monoisotopic (exact) mass is 424 g/mol. The van der Waals surface area contributed by atoms with Crippen LogP contribution in [0.3, 0.4) is 0 Å². The van der Waals surface area contributed by atoms with E-state index in [2.05, 4.69) is 30.1 Å². The number of hydrogen-bond donors (Lipinski definition) is 0. The molecular weight excluding hydrogens is 396 g/mol. The number of fused-ring (bicyclic) bond motifs is 2. The maximum atomic E-state index is 13.3. The van der Waals surface area contributed by atoms with Crippen LogP contribution in [0.25, 0.3) is 21.3 Å². The number of carbonyl (C=O) groups is 1. The van der Waals surface area contributed by atoms with E-state index in [4.69, 9.17) is 4.74 Å². The lowest BCUT2D eigenvalue weighted by atomic mass is 9.89. The van der Waals surface area contributed by atoms with E-state index < -0.39 is 6.04 Å². The maximum absolute atomic E-state index is 13.3. The molecule has 4 rings (SSSR count). The molecule has 2 aromatic heterocycles. The topological polar surface area (TPSA) is 61.2 Å². The van der Waals surface area contributed by atoms with Crippen molar-refractivity contribution in [2.45, 2.75) is 64.8 Å². The largest absolute Gasteiger partial charge is 0.464 e. The maximum Gasteiger partial charge on any atom is 0.328 e. The quantitative estimate of drug-likeness (QED) is 0.381. The van der Waals surface area contributed by atoms with E-state index >= 15 is 0 Å². The molecule has 1 atom stereocenters. The highest BCUT2D eigenvalue weighted by atomic mass is 32.1. The number of hydrogen-bond acceptors (Lipinski definition) is 5. The highest BCUT2D eigenvalue weighted by Crippen LogP contribution is 2.33. The minimum Gasteiger partial charge on any atom is -0.464 e. The Bertz CT molecular complexity index is 1120. The summed E-state index contributed by atoms with van der Waals surface area (Å²) in [4.78, 5) is 30.9. The van der Waals surface area contributed by atoms with Gasteiger partial charge in [0.1, 0.15) is 10.9 Å². The fourth-order valence-corrected chi connectivity index (χ4v) is 5.00. The predicted octanol–water partition coefficient (Wildman–Crippen LogP) is 5.30. The first-order valence-corrected chi connectivity index (χ1v) is 11.7. The lowest BCUT2D eigenvalue weighted by Crippen LogP contribution is -2.29. The third-order valence-electron chi connectivity index (χ3n) is 5.93. The summed E-state index contributed by atoms with van der Waals surface area (Å²) in [5.74, 6) is -0.389. The van der Waals surface area contributed by atoms with Gasteiger partial charge < -0.3 is 4.74 Å². The molecule has 0 saturated carbocycles. The number of ether oxygens (including phenoxy) is 1. The Balaban J connectivity index is 1.66. The number of aromatic nitrogens is 2. The summed E-state index contributed by atoms with van der Waals surface area (Å²) in [6.45, 7) is 4.19. The van der Waals surface area contributed by atoms with Crippen LogP contribution in [0.5, 0.6) is 0 Å². The van der Waals surface area contributed by atoms with Crippen molar-refractivity contribution in [2.24, 2.45) is 0 Å². The highest BCUT2D eigenvalue weighted by molar-refractivity contribution is 7.17. The van der Waals surface area contributed by atoms with E-state index in [1.807, 2.05) is 5.38 Å². The van der Waals surface area contributed by atoms with Gasteiger partial charge in [-0.05, 0) is 55.7 Å². The van der Waals surface area contributed by atoms with Gasteiger partial charge in [0.15, 0.2) is 0 Å². The Hall–Kier alpha value is -2.47. The lowest BCUT2D eigenvalue weighted by molar-refractivity contribution is -0.147. The molecule has 158 valence electrons. The van der Waals surface area contributed by atoms with Gasteiger partial charge in [0.25, 0.3) is 5.56 Å². The smallest absolute Gasteiger partial charge is 0.328 e. The van der Waals surface area contributed by atoms with Gasteiger partial charge in [-0.2, -0.15) is 0 Å². The first-order chi connectivity index (χ1) is 14.6. The summed E-state index contributed by atoms with van der Waals surface area (Å²) < 4.78 is 6.76. The normalized spacial score (nSPS) is 14.5. The van der Waals surface area contributed by atoms with E-state index in [1.54, 1.807) is 6.92 Å². The Labute approximate surface area is 180 Å². The molecule has 3 aromatic rings. The minimum absolute atomic E-state index is 0.188. The molecule has 6 heteroatoms. The molecule has 0 radical (unpaired) electrons. The van der Waals surface area contributed by atoms with E-state index in [0.29, 0.717) is 16.8 Å². The molecule has 0 fully saturated rings. The van der Waals surface area contributed by atoms with Crippen molar-refractivity contribution in [1.82, 2.24) is 9.55 Å². The van der Waals surface area contributed by atoms with E-state index in [9.17, 15) is 9.59 Å². The number of rotatable bonds is 7. The fourth-order valence-electron chi connectivity index (χ4n) is 4.09. The second kappa shape index (κ2) is 9.13. The van der Waals surface area contributed by atoms with Gasteiger partial charge in [0, 0.05) is 10.9 Å². The van der Waals surface area contributed by atoms with Gasteiger partial charge in [-0.15, -0.1) is 11.3 Å². The molecule has 0 aliphatic heterocycles. The van der Waals surface area contributed by atoms with Crippen LogP contribution < -0.4 is 5.56 Å². The minimum atomic E-state index is -0.702. The van der Waals surface area contributed by atoms with Gasteiger partial charge in [-0.1, -0.05) is 38.0 Å². The van der Waals surface area contributed by atoms with Crippen LogP contribution in [0.2, 0.25) is 0 Å². The number of nitrogens with zero attached hydrogens (tertiary/aromatic N) is 2. The van der Waals surface area contributed by atoms with Crippen molar-refractivity contribution in [1.29, 1.82) is 0 Å². The molecule has 0 bridgehead atoms. The first kappa shape index (κ1) is 20.8. The van der Waals surface area contributed by atoms with Crippen LogP contribution in [0.4, 0.5) is 0 Å². The zero-order valence-electron chi connectivity index (χ0n) is 17.6. The third kappa shape index (κ3) is 4.06. The van der Waals surface area contributed by atoms with Crippen LogP contribution in [0.1, 0.15) is 63.1 Å². The molecular formula is C24H28N2O3S. The zero-order chi connectivity index (χ0) is 21.1. The highest BCUT2D eigenvalue weighted by Gasteiger charge is 2.22. The molecule has 0 amide bonds. The molecule has 30 heavy (non-hydrogen) atoms. The average molecular weight is 425 g/mol. The van der Waals surface area contributed by atoms with Crippen LogP contribution in [-0.2, 0) is 22.4 Å². The molecule has 5 nitrogen and oxygen atoms in total. The fraction of sp³-hybridized carbons (Fsp3) is 0.458. The number of thiophene rings is 1. The van der Waals surface area contributed by atoms with E-state index in [0.717, 1.165) is 43.2 Å². The van der Waals surface area contributed by atoms with Crippen LogP contribution >= 0.6 is 11.3 Å². The SMILES string of the molecule is CCCCCOC(=O)C(C)n1cnc2scc(-c3ccc4c(c3)CCCC4)c2c1=O. The molecule has 0 spiro atoms. The summed E-state index contributed by atoms with van der Waals surface area (Å²) in [6, 6.07) is 5.82. The summed E-state index contributed by atoms with van der Waals surface area (Å²) >= 11 is 1.47. The van der Waals surface area contributed by atoms with Crippen LogP contribution in [-0.4, -0.2) is 22.1 Å². The third-order valence-corrected chi connectivity index (χ3v) is 6.82. The number of aryl methyl sites for hydroxylation is 2. The number of unbranched alkanes of at least 4 members (excludes halogenated alkanes) is 2. The summed E-state index contributed by atoms with van der Waals surface area (Å²) in [7, 11) is 0. The predicted molar refractivity (Wildman–Crippen MR) is 121 cm³/mol. The lowest BCUT2D eigenvalue weighted by Gasteiger charge is -2.17. The Morgan fingerprint density at radius 1 is 1.23 bits per heavy atom. The van der Waals surface area contributed by atoms with Crippen molar-refractivity contribution in [3.8, 4) is 11.1 Å². The molecule has 1 aromatic carbocycles. The number of benzene rings is 1. The summed E-state index contributed by atoms with van der Waals surface area (Å²) in [5, 5.41) is 2.59. The zero-order valence-corrected chi connectivity index (χ0v) is 18.5. The van der Waals surface area contributed by atoms with Gasteiger partial charge in [-0.25, -0.2) is 9.78 Å². The van der Waals surface area contributed by atoms with Crippen molar-refractivity contribution < 1.29 is 9.53 Å². The van der Waals surface area contributed by atoms with E-state index in [1.165, 1.54) is 46.2 Å². The van der Waals surface area contributed by atoms with Gasteiger partial charge in [0.2, 0.25) is 0 Å². The molecule has 1 aliphatic carbocycles.